The molecule has 5 heteroatoms. The zero-order chi connectivity index (χ0) is 12.1. The Balaban J connectivity index is 1.79. The number of nitrogens with zero attached hydrogens (tertiary/aromatic N) is 1. The van der Waals surface area contributed by atoms with Gasteiger partial charge >= 0.3 is 0 Å². The molecule has 1 saturated heterocycles. The van der Waals surface area contributed by atoms with Crippen LogP contribution in [0.2, 0.25) is 0 Å². The number of ether oxygens (including phenoxy) is 1. The summed E-state index contributed by atoms with van der Waals surface area (Å²) in [5.74, 6) is 0.115. The third-order valence-corrected chi connectivity index (χ3v) is 2.86. The van der Waals surface area contributed by atoms with E-state index in [1.807, 2.05) is 0 Å². The van der Waals surface area contributed by atoms with E-state index >= 15 is 0 Å². The predicted molar refractivity (Wildman–Crippen MR) is 61.8 cm³/mol. The highest BCUT2D eigenvalue weighted by molar-refractivity contribution is 5.94. The van der Waals surface area contributed by atoms with Crippen LogP contribution in [-0.2, 0) is 4.74 Å². The van der Waals surface area contributed by atoms with Crippen LogP contribution in [0.5, 0.6) is 5.75 Å². The summed E-state index contributed by atoms with van der Waals surface area (Å²) in [6.45, 7) is 2.19. The van der Waals surface area contributed by atoms with Gasteiger partial charge in [-0.05, 0) is 30.9 Å². The molecule has 0 spiro atoms. The Morgan fingerprint density at radius 2 is 2.53 bits per heavy atom. The first kappa shape index (κ1) is 11.9. The SMILES string of the molecule is O=C(NCCC1CCOC1)c1ncccc1O. The molecule has 92 valence electrons. The fraction of sp³-hybridized carbons (Fsp3) is 0.500. The molecule has 0 bridgehead atoms. The van der Waals surface area contributed by atoms with E-state index in [1.165, 1.54) is 12.3 Å². The van der Waals surface area contributed by atoms with Gasteiger partial charge in [-0.15, -0.1) is 0 Å². The minimum absolute atomic E-state index is 0.0789. The number of pyridine rings is 1. The van der Waals surface area contributed by atoms with Crippen LogP contribution >= 0.6 is 0 Å². The zero-order valence-electron chi connectivity index (χ0n) is 9.56. The van der Waals surface area contributed by atoms with E-state index in [-0.39, 0.29) is 17.4 Å². The predicted octanol–water partition coefficient (Wildman–Crippen LogP) is 0.944. The number of rotatable bonds is 4. The van der Waals surface area contributed by atoms with Gasteiger partial charge in [-0.1, -0.05) is 0 Å². The molecule has 1 aromatic heterocycles. The summed E-state index contributed by atoms with van der Waals surface area (Å²) in [5, 5.41) is 12.2. The van der Waals surface area contributed by atoms with Gasteiger partial charge in [0.25, 0.3) is 5.91 Å². The topological polar surface area (TPSA) is 71.5 Å². The summed E-state index contributed by atoms with van der Waals surface area (Å²) in [6, 6.07) is 3.04. The van der Waals surface area contributed by atoms with Crippen LogP contribution in [-0.4, -0.2) is 35.8 Å². The van der Waals surface area contributed by atoms with Gasteiger partial charge < -0.3 is 15.2 Å². The third kappa shape index (κ3) is 3.17. The van der Waals surface area contributed by atoms with E-state index in [0.717, 1.165) is 26.1 Å². The van der Waals surface area contributed by atoms with Crippen molar-refractivity contribution >= 4 is 5.91 Å². The fourth-order valence-electron chi connectivity index (χ4n) is 1.86. The first-order chi connectivity index (χ1) is 8.27. The number of nitrogens with one attached hydrogen (secondary N) is 1. The second-order valence-corrected chi connectivity index (χ2v) is 4.15. The highest BCUT2D eigenvalue weighted by atomic mass is 16.5. The van der Waals surface area contributed by atoms with Gasteiger partial charge in [-0.3, -0.25) is 4.79 Å². The summed E-state index contributed by atoms with van der Waals surface area (Å²) >= 11 is 0. The molecule has 2 rings (SSSR count). The van der Waals surface area contributed by atoms with Crippen molar-refractivity contribution in [1.29, 1.82) is 0 Å². The number of aromatic hydroxyl groups is 1. The molecule has 0 aromatic carbocycles. The summed E-state index contributed by atoms with van der Waals surface area (Å²) in [6.07, 6.45) is 3.45. The molecule has 1 aliphatic heterocycles. The summed E-state index contributed by atoms with van der Waals surface area (Å²) in [7, 11) is 0. The molecule has 0 radical (unpaired) electrons. The molecule has 1 aromatic rings. The molecule has 17 heavy (non-hydrogen) atoms. The molecular weight excluding hydrogens is 220 g/mol. The van der Waals surface area contributed by atoms with E-state index in [4.69, 9.17) is 4.74 Å². The maximum atomic E-state index is 11.7. The summed E-state index contributed by atoms with van der Waals surface area (Å²) < 4.78 is 5.25. The van der Waals surface area contributed by atoms with Crippen LogP contribution in [0, 0.1) is 5.92 Å². The molecule has 0 aliphatic carbocycles. The number of hydrogen-bond donors (Lipinski definition) is 2. The minimum Gasteiger partial charge on any atom is -0.505 e. The minimum atomic E-state index is -0.331. The normalized spacial score (nSPS) is 19.2. The Labute approximate surface area is 99.8 Å². The van der Waals surface area contributed by atoms with Crippen LogP contribution in [0.25, 0.3) is 0 Å². The van der Waals surface area contributed by atoms with Crippen LogP contribution < -0.4 is 5.32 Å². The quantitative estimate of drug-likeness (QED) is 0.816. The number of carbonyl (C=O) groups is 1. The van der Waals surface area contributed by atoms with Crippen molar-refractivity contribution in [3.63, 3.8) is 0 Å². The average Bonchev–Trinajstić information content (AvgIpc) is 2.82. The van der Waals surface area contributed by atoms with Gasteiger partial charge in [0.1, 0.15) is 5.75 Å². The van der Waals surface area contributed by atoms with Gasteiger partial charge in [0.2, 0.25) is 0 Å². The standard InChI is InChI=1S/C12H16N2O3/c15-10-2-1-5-13-11(10)12(16)14-6-3-9-4-7-17-8-9/h1-2,5,9,15H,3-4,6-8H2,(H,14,16). The van der Waals surface area contributed by atoms with E-state index in [0.29, 0.717) is 12.5 Å². The van der Waals surface area contributed by atoms with Crippen LogP contribution in [0.1, 0.15) is 23.3 Å². The second-order valence-electron chi connectivity index (χ2n) is 4.15. The highest BCUT2D eigenvalue weighted by Gasteiger charge is 2.16. The Bertz CT molecular complexity index is 389. The van der Waals surface area contributed by atoms with Crippen molar-refractivity contribution < 1.29 is 14.6 Å². The van der Waals surface area contributed by atoms with Crippen LogP contribution in [0.4, 0.5) is 0 Å². The Morgan fingerprint density at radius 1 is 1.65 bits per heavy atom. The lowest BCUT2D eigenvalue weighted by molar-refractivity contribution is 0.0942. The van der Waals surface area contributed by atoms with Gasteiger partial charge in [0.05, 0.1) is 0 Å². The molecular formula is C12H16N2O3. The van der Waals surface area contributed by atoms with E-state index in [9.17, 15) is 9.90 Å². The number of hydrogen-bond acceptors (Lipinski definition) is 4. The Morgan fingerprint density at radius 3 is 3.24 bits per heavy atom. The average molecular weight is 236 g/mol. The Kier molecular flexibility index (Phi) is 3.93. The van der Waals surface area contributed by atoms with Crippen molar-refractivity contribution in [2.75, 3.05) is 19.8 Å². The molecule has 1 unspecified atom stereocenters. The van der Waals surface area contributed by atoms with Gasteiger partial charge in [-0.25, -0.2) is 4.98 Å². The van der Waals surface area contributed by atoms with Crippen LogP contribution in [0.15, 0.2) is 18.3 Å². The maximum absolute atomic E-state index is 11.7. The first-order valence-electron chi connectivity index (χ1n) is 5.77. The third-order valence-electron chi connectivity index (χ3n) is 2.86. The van der Waals surface area contributed by atoms with Gasteiger partial charge in [-0.2, -0.15) is 0 Å². The molecule has 1 aliphatic rings. The molecule has 2 heterocycles. The molecule has 0 saturated carbocycles. The Hall–Kier alpha value is -1.62. The van der Waals surface area contributed by atoms with Crippen molar-refractivity contribution in [1.82, 2.24) is 10.3 Å². The van der Waals surface area contributed by atoms with E-state index < -0.39 is 0 Å². The van der Waals surface area contributed by atoms with Crippen LogP contribution in [0.3, 0.4) is 0 Å². The molecule has 2 N–H and O–H groups in total. The summed E-state index contributed by atoms with van der Waals surface area (Å²) in [4.78, 5) is 15.5. The van der Waals surface area contributed by atoms with Crippen molar-refractivity contribution in [3.05, 3.63) is 24.0 Å². The zero-order valence-corrected chi connectivity index (χ0v) is 9.56. The van der Waals surface area contributed by atoms with Gasteiger partial charge in [0, 0.05) is 26.0 Å². The molecule has 5 nitrogen and oxygen atoms in total. The molecule has 1 atom stereocenters. The fourth-order valence-corrected chi connectivity index (χ4v) is 1.86. The van der Waals surface area contributed by atoms with Crippen molar-refractivity contribution in [2.24, 2.45) is 5.92 Å². The summed E-state index contributed by atoms with van der Waals surface area (Å²) in [5.41, 5.74) is 0.0789. The number of amides is 1. The highest BCUT2D eigenvalue weighted by Crippen LogP contribution is 2.16. The number of aromatic nitrogens is 1. The largest absolute Gasteiger partial charge is 0.505 e. The van der Waals surface area contributed by atoms with E-state index in [1.54, 1.807) is 6.07 Å². The molecule has 1 fully saturated rings. The lowest BCUT2D eigenvalue weighted by Crippen LogP contribution is -2.26. The smallest absolute Gasteiger partial charge is 0.273 e. The number of carbonyl (C=O) groups excluding carboxylic acids is 1. The van der Waals surface area contributed by atoms with Crippen molar-refractivity contribution in [2.45, 2.75) is 12.8 Å². The molecule has 1 amide bonds. The lowest BCUT2D eigenvalue weighted by atomic mass is 10.1. The second kappa shape index (κ2) is 5.63. The van der Waals surface area contributed by atoms with E-state index in [2.05, 4.69) is 10.3 Å². The monoisotopic (exact) mass is 236 g/mol. The lowest BCUT2D eigenvalue weighted by Gasteiger charge is -2.08. The first-order valence-corrected chi connectivity index (χ1v) is 5.77. The van der Waals surface area contributed by atoms with Gasteiger partial charge in [0.15, 0.2) is 5.69 Å². The van der Waals surface area contributed by atoms with Crippen molar-refractivity contribution in [3.8, 4) is 5.75 Å². The maximum Gasteiger partial charge on any atom is 0.273 e.